The van der Waals surface area contributed by atoms with E-state index in [9.17, 15) is 0 Å². The molecule has 1 aliphatic carbocycles. The van der Waals surface area contributed by atoms with Gasteiger partial charge in [0.1, 0.15) is 0 Å². The molecule has 1 spiro atoms. The molecule has 3 unspecified atom stereocenters. The zero-order chi connectivity index (χ0) is 13.1. The minimum Gasteiger partial charge on any atom is -0.316 e. The van der Waals surface area contributed by atoms with Crippen molar-refractivity contribution in [2.45, 2.75) is 51.4 Å². The fourth-order valence-electron chi connectivity index (χ4n) is 4.34. The van der Waals surface area contributed by atoms with Gasteiger partial charge in [0.2, 0.25) is 0 Å². The van der Waals surface area contributed by atoms with Crippen molar-refractivity contribution in [2.75, 3.05) is 13.1 Å². The average Bonchev–Trinajstić information content (AvgIpc) is 2.64. The summed E-state index contributed by atoms with van der Waals surface area (Å²) < 4.78 is 0. The quantitative estimate of drug-likeness (QED) is 0.788. The van der Waals surface area contributed by atoms with Crippen LogP contribution in [0.15, 0.2) is 30.3 Å². The first-order valence-electron chi connectivity index (χ1n) is 8.06. The number of rotatable bonds is 1. The van der Waals surface area contributed by atoms with Gasteiger partial charge in [0.05, 0.1) is 0 Å². The predicted molar refractivity (Wildman–Crippen MR) is 81.4 cm³/mol. The average molecular weight is 257 g/mol. The van der Waals surface area contributed by atoms with Crippen molar-refractivity contribution < 1.29 is 0 Å². The molecule has 1 aliphatic heterocycles. The summed E-state index contributed by atoms with van der Waals surface area (Å²) in [6.45, 7) is 4.84. The van der Waals surface area contributed by atoms with E-state index in [1.54, 1.807) is 5.56 Å². The summed E-state index contributed by atoms with van der Waals surface area (Å²) in [6, 6.07) is 11.2. The predicted octanol–water partition coefficient (Wildman–Crippen LogP) is 4.35. The fraction of sp³-hybridized carbons (Fsp3) is 0.667. The first kappa shape index (κ1) is 13.2. The lowest BCUT2D eigenvalue weighted by atomic mass is 9.63. The second-order valence-corrected chi connectivity index (χ2v) is 6.82. The smallest absolute Gasteiger partial charge is 0.00255 e. The van der Waals surface area contributed by atoms with E-state index in [0.717, 1.165) is 11.8 Å². The molecule has 0 bridgehead atoms. The Hall–Kier alpha value is -0.820. The van der Waals surface area contributed by atoms with Crippen LogP contribution < -0.4 is 5.32 Å². The highest BCUT2D eigenvalue weighted by Crippen LogP contribution is 2.50. The van der Waals surface area contributed by atoms with Gasteiger partial charge < -0.3 is 5.32 Å². The van der Waals surface area contributed by atoms with E-state index in [0.29, 0.717) is 5.41 Å². The third-order valence-electron chi connectivity index (χ3n) is 5.60. The molecule has 1 aromatic carbocycles. The Bertz CT molecular complexity index is 399. The van der Waals surface area contributed by atoms with Crippen molar-refractivity contribution in [3.05, 3.63) is 35.9 Å². The lowest BCUT2D eigenvalue weighted by Crippen LogP contribution is -2.43. The van der Waals surface area contributed by atoms with Gasteiger partial charge in [-0.15, -0.1) is 0 Å². The third kappa shape index (κ3) is 2.72. The maximum absolute atomic E-state index is 3.64. The number of nitrogens with one attached hydrogen (secondary N) is 1. The molecule has 1 heterocycles. The number of hydrogen-bond acceptors (Lipinski definition) is 1. The highest BCUT2D eigenvalue weighted by Gasteiger charge is 2.41. The molecule has 0 amide bonds. The first-order valence-corrected chi connectivity index (χ1v) is 8.06. The molecule has 1 saturated heterocycles. The zero-order valence-corrected chi connectivity index (χ0v) is 12.2. The molecule has 1 aromatic rings. The first-order chi connectivity index (χ1) is 9.30. The van der Waals surface area contributed by atoms with E-state index in [2.05, 4.69) is 42.6 Å². The van der Waals surface area contributed by atoms with Crippen molar-refractivity contribution in [2.24, 2.45) is 11.3 Å². The highest BCUT2D eigenvalue weighted by atomic mass is 14.9. The lowest BCUT2D eigenvalue weighted by Gasteiger charge is -2.45. The van der Waals surface area contributed by atoms with Crippen molar-refractivity contribution in [1.29, 1.82) is 0 Å². The molecule has 104 valence electrons. The Balaban J connectivity index is 1.87. The van der Waals surface area contributed by atoms with Crippen LogP contribution in [0.1, 0.15) is 56.9 Å². The Morgan fingerprint density at radius 3 is 2.74 bits per heavy atom. The zero-order valence-electron chi connectivity index (χ0n) is 12.2. The largest absolute Gasteiger partial charge is 0.316 e. The maximum atomic E-state index is 3.64. The van der Waals surface area contributed by atoms with E-state index in [-0.39, 0.29) is 0 Å². The van der Waals surface area contributed by atoms with Gasteiger partial charge in [-0.05, 0) is 42.7 Å². The topological polar surface area (TPSA) is 12.0 Å². The molecule has 1 heteroatoms. The molecule has 2 fully saturated rings. The monoisotopic (exact) mass is 257 g/mol. The van der Waals surface area contributed by atoms with Crippen molar-refractivity contribution in [1.82, 2.24) is 5.32 Å². The number of piperidine rings is 1. The van der Waals surface area contributed by atoms with Crippen LogP contribution in [-0.2, 0) is 0 Å². The van der Waals surface area contributed by atoms with Crippen molar-refractivity contribution in [3.63, 3.8) is 0 Å². The number of benzene rings is 1. The van der Waals surface area contributed by atoms with Crippen LogP contribution in [0, 0.1) is 11.3 Å². The normalized spacial score (nSPS) is 36.1. The van der Waals surface area contributed by atoms with E-state index in [1.807, 2.05) is 0 Å². The molecule has 19 heavy (non-hydrogen) atoms. The summed E-state index contributed by atoms with van der Waals surface area (Å²) >= 11 is 0. The maximum Gasteiger partial charge on any atom is 0.00255 e. The van der Waals surface area contributed by atoms with Gasteiger partial charge in [-0.3, -0.25) is 0 Å². The van der Waals surface area contributed by atoms with Crippen LogP contribution >= 0.6 is 0 Å². The van der Waals surface area contributed by atoms with E-state index >= 15 is 0 Å². The lowest BCUT2D eigenvalue weighted by molar-refractivity contribution is 0.135. The summed E-state index contributed by atoms with van der Waals surface area (Å²) in [5.41, 5.74) is 2.14. The summed E-state index contributed by atoms with van der Waals surface area (Å²) in [5, 5.41) is 3.64. The van der Waals surface area contributed by atoms with Gasteiger partial charge in [0, 0.05) is 12.5 Å². The van der Waals surface area contributed by atoms with Gasteiger partial charge in [-0.1, -0.05) is 56.5 Å². The minimum atomic E-state index is 0.581. The van der Waals surface area contributed by atoms with Crippen LogP contribution in [0.3, 0.4) is 0 Å². The molecule has 1 saturated carbocycles. The summed E-state index contributed by atoms with van der Waals surface area (Å²) in [4.78, 5) is 0. The molecule has 2 aliphatic rings. The summed E-state index contributed by atoms with van der Waals surface area (Å²) in [6.07, 6.45) is 8.57. The van der Waals surface area contributed by atoms with Crippen LogP contribution in [0.25, 0.3) is 0 Å². The van der Waals surface area contributed by atoms with E-state index < -0.39 is 0 Å². The Morgan fingerprint density at radius 1 is 1.05 bits per heavy atom. The second-order valence-electron chi connectivity index (χ2n) is 6.82. The Labute approximate surface area is 117 Å². The molecule has 3 rings (SSSR count). The summed E-state index contributed by atoms with van der Waals surface area (Å²) in [5.74, 6) is 1.67. The van der Waals surface area contributed by atoms with E-state index in [4.69, 9.17) is 0 Å². The van der Waals surface area contributed by atoms with Crippen molar-refractivity contribution >= 4 is 0 Å². The van der Waals surface area contributed by atoms with Gasteiger partial charge >= 0.3 is 0 Å². The number of hydrogen-bond donors (Lipinski definition) is 1. The fourth-order valence-corrected chi connectivity index (χ4v) is 4.34. The Morgan fingerprint density at radius 2 is 1.89 bits per heavy atom. The molecule has 0 aromatic heterocycles. The Kier molecular flexibility index (Phi) is 3.93. The van der Waals surface area contributed by atoms with Crippen molar-refractivity contribution in [3.8, 4) is 0 Å². The standard InChI is InChI=1S/C18H27N/c1-15-6-5-10-18(11-9-15)12-13-19-14-17(18)16-7-3-2-4-8-16/h2-4,7-8,15,17,19H,5-6,9-14H2,1H3. The second kappa shape index (κ2) is 5.66. The van der Waals surface area contributed by atoms with Gasteiger partial charge in [0.25, 0.3) is 0 Å². The molecule has 1 N–H and O–H groups in total. The van der Waals surface area contributed by atoms with E-state index in [1.165, 1.54) is 51.6 Å². The third-order valence-corrected chi connectivity index (χ3v) is 5.60. The van der Waals surface area contributed by atoms with Gasteiger partial charge in [0.15, 0.2) is 0 Å². The molecule has 0 radical (unpaired) electrons. The summed E-state index contributed by atoms with van der Waals surface area (Å²) in [7, 11) is 0. The molecule has 1 nitrogen and oxygen atoms in total. The SMILES string of the molecule is CC1CCCC2(CCNCC2c2ccccc2)CC1. The highest BCUT2D eigenvalue weighted by molar-refractivity contribution is 5.24. The molecular weight excluding hydrogens is 230 g/mol. The molecular formula is C18H27N. The van der Waals surface area contributed by atoms with Crippen LogP contribution in [0.5, 0.6) is 0 Å². The van der Waals surface area contributed by atoms with Gasteiger partial charge in [-0.25, -0.2) is 0 Å². The van der Waals surface area contributed by atoms with Crippen LogP contribution in [0.2, 0.25) is 0 Å². The molecule has 3 atom stereocenters. The minimum absolute atomic E-state index is 0.581. The van der Waals surface area contributed by atoms with Crippen LogP contribution in [-0.4, -0.2) is 13.1 Å². The van der Waals surface area contributed by atoms with Gasteiger partial charge in [-0.2, -0.15) is 0 Å². The van der Waals surface area contributed by atoms with Crippen LogP contribution in [0.4, 0.5) is 0 Å².